The lowest BCUT2D eigenvalue weighted by Gasteiger charge is -1.95. The van der Waals surface area contributed by atoms with Crippen LogP contribution in [0.4, 0.5) is 5.13 Å². The molecular weight excluding hydrogens is 284 g/mol. The molecule has 1 heterocycles. The molecule has 0 atom stereocenters. The van der Waals surface area contributed by atoms with Gasteiger partial charge in [-0.05, 0) is 26.0 Å². The van der Waals surface area contributed by atoms with Gasteiger partial charge in [-0.1, -0.05) is 29.0 Å². The van der Waals surface area contributed by atoms with Crippen molar-refractivity contribution in [2.45, 2.75) is 25.3 Å². The Morgan fingerprint density at radius 3 is 2.21 bits per heavy atom. The van der Waals surface area contributed by atoms with Gasteiger partial charge in [-0.3, -0.25) is 10.3 Å². The zero-order valence-electron chi connectivity index (χ0n) is 10.8. The average molecular weight is 301 g/mol. The van der Waals surface area contributed by atoms with E-state index in [4.69, 9.17) is 10.3 Å². The van der Waals surface area contributed by atoms with E-state index in [1.165, 1.54) is 12.1 Å². The number of nitrogens with two attached hydrogens (primary N) is 1. The van der Waals surface area contributed by atoms with Gasteiger partial charge in [0.15, 0.2) is 0 Å². The predicted molar refractivity (Wildman–Crippen MR) is 75.6 cm³/mol. The van der Waals surface area contributed by atoms with Crippen LogP contribution in [0, 0.1) is 6.92 Å². The molecule has 2 aromatic rings. The van der Waals surface area contributed by atoms with Crippen LogP contribution >= 0.6 is 11.3 Å². The molecule has 0 bridgehead atoms. The molecule has 0 amide bonds. The molecule has 0 aliphatic carbocycles. The van der Waals surface area contributed by atoms with Crippen LogP contribution in [0.5, 0.6) is 0 Å². The molecule has 0 saturated heterocycles. The molecule has 104 valence electrons. The van der Waals surface area contributed by atoms with Crippen LogP contribution in [0.15, 0.2) is 40.7 Å². The summed E-state index contributed by atoms with van der Waals surface area (Å²) in [5.41, 5.74) is 6.49. The van der Waals surface area contributed by atoms with Gasteiger partial charge in [0.1, 0.15) is 6.20 Å². The van der Waals surface area contributed by atoms with Crippen molar-refractivity contribution < 1.29 is 17.5 Å². The fourth-order valence-electron chi connectivity index (χ4n) is 1.29. The first-order valence-corrected chi connectivity index (χ1v) is 7.93. The van der Waals surface area contributed by atoms with Crippen molar-refractivity contribution in [3.05, 3.63) is 41.4 Å². The minimum Gasteiger partial charge on any atom is -0.282 e. The molecular formula is C12H17N2O3S2+. The largest absolute Gasteiger partial charge is 0.331 e. The first-order valence-electron chi connectivity index (χ1n) is 5.61. The van der Waals surface area contributed by atoms with Crippen molar-refractivity contribution >= 4 is 26.6 Å². The molecule has 0 radical (unpaired) electrons. The van der Waals surface area contributed by atoms with Gasteiger partial charge in [-0.25, -0.2) is 4.57 Å². The summed E-state index contributed by atoms with van der Waals surface area (Å²) in [7, 11) is -4.02. The lowest BCUT2D eigenvalue weighted by molar-refractivity contribution is -0.675. The summed E-state index contributed by atoms with van der Waals surface area (Å²) < 4.78 is 31.6. The number of aromatic nitrogens is 1. The Morgan fingerprint density at radius 1 is 1.32 bits per heavy atom. The summed E-state index contributed by atoms with van der Waals surface area (Å²) in [5, 5.41) is 2.87. The normalized spacial score (nSPS) is 10.7. The summed E-state index contributed by atoms with van der Waals surface area (Å²) in [4.78, 5) is -0.0666. The van der Waals surface area contributed by atoms with Crippen LogP contribution in [0.2, 0.25) is 0 Å². The van der Waals surface area contributed by atoms with Gasteiger partial charge in [0.05, 0.1) is 11.4 Å². The van der Waals surface area contributed by atoms with Crippen LogP contribution in [0.3, 0.4) is 0 Å². The number of rotatable bonds is 2. The van der Waals surface area contributed by atoms with Crippen molar-refractivity contribution in [3.63, 3.8) is 0 Å². The van der Waals surface area contributed by atoms with Crippen molar-refractivity contribution in [2.24, 2.45) is 0 Å². The number of anilines is 1. The summed E-state index contributed by atoms with van der Waals surface area (Å²) in [6.07, 6.45) is 1.99. The first-order chi connectivity index (χ1) is 8.84. The molecule has 0 spiro atoms. The highest BCUT2D eigenvalue weighted by Crippen LogP contribution is 2.08. The maximum atomic E-state index is 10.5. The molecule has 0 saturated carbocycles. The van der Waals surface area contributed by atoms with E-state index in [1.54, 1.807) is 23.5 Å². The Bertz CT molecular complexity index is 619. The van der Waals surface area contributed by atoms with Crippen molar-refractivity contribution in [1.29, 1.82) is 0 Å². The Kier molecular flexibility index (Phi) is 5.46. The third kappa shape index (κ3) is 4.98. The standard InChI is InChI=1S/C7H8O3S.C5H8N2S/c1-6-2-4-7(5-3-6)11(8,9)10;1-2-7-3-4-8-5(7)6/h2-5H,1H3,(H,8,9,10);3-4,6H,2H2,1H3/p+1. The minimum atomic E-state index is -4.02. The Morgan fingerprint density at radius 2 is 1.89 bits per heavy atom. The predicted octanol–water partition coefficient (Wildman–Crippen LogP) is 1.88. The fraction of sp³-hybridized carbons (Fsp3) is 0.250. The Balaban J connectivity index is 0.000000200. The highest BCUT2D eigenvalue weighted by atomic mass is 32.2. The number of nitrogens with zero attached hydrogens (tertiary/aromatic N) is 1. The summed E-state index contributed by atoms with van der Waals surface area (Å²) in [5.74, 6) is 0. The van der Waals surface area contributed by atoms with Crippen LogP contribution in [0.1, 0.15) is 12.5 Å². The number of hydrogen-bond donors (Lipinski definition) is 2. The van der Waals surface area contributed by atoms with E-state index < -0.39 is 10.1 Å². The highest BCUT2D eigenvalue weighted by molar-refractivity contribution is 7.85. The van der Waals surface area contributed by atoms with E-state index >= 15 is 0 Å². The molecule has 0 fully saturated rings. The Hall–Kier alpha value is -1.44. The lowest BCUT2D eigenvalue weighted by Crippen LogP contribution is -2.32. The summed E-state index contributed by atoms with van der Waals surface area (Å²) in [6, 6.07) is 5.99. The first kappa shape index (κ1) is 15.6. The smallest absolute Gasteiger partial charge is 0.282 e. The molecule has 0 aliphatic rings. The number of nitrogen functional groups attached to an aromatic ring is 1. The van der Waals surface area contributed by atoms with Crippen LogP contribution in [-0.2, 0) is 16.7 Å². The van der Waals surface area contributed by atoms with Gasteiger partial charge in [0.25, 0.3) is 10.1 Å². The minimum absolute atomic E-state index is 0.0666. The van der Waals surface area contributed by atoms with Gasteiger partial charge in [0.2, 0.25) is 0 Å². The van der Waals surface area contributed by atoms with Gasteiger partial charge in [-0.2, -0.15) is 8.42 Å². The van der Waals surface area contributed by atoms with E-state index in [0.29, 0.717) is 0 Å². The van der Waals surface area contributed by atoms with E-state index in [2.05, 4.69) is 6.92 Å². The number of aryl methyl sites for hydroxylation is 2. The molecule has 1 aromatic heterocycles. The molecule has 5 nitrogen and oxygen atoms in total. The summed E-state index contributed by atoms with van der Waals surface area (Å²) >= 11 is 1.57. The molecule has 0 aliphatic heterocycles. The van der Waals surface area contributed by atoms with E-state index in [-0.39, 0.29) is 4.90 Å². The average Bonchev–Trinajstić information content (AvgIpc) is 2.75. The van der Waals surface area contributed by atoms with Crippen molar-refractivity contribution in [2.75, 3.05) is 5.73 Å². The van der Waals surface area contributed by atoms with Crippen molar-refractivity contribution in [1.82, 2.24) is 0 Å². The quantitative estimate of drug-likeness (QED) is 0.655. The maximum Gasteiger partial charge on any atom is 0.331 e. The Labute approximate surface area is 117 Å². The van der Waals surface area contributed by atoms with E-state index in [1.807, 2.05) is 23.1 Å². The molecule has 0 unspecified atom stereocenters. The topological polar surface area (TPSA) is 84.3 Å². The maximum absolute atomic E-state index is 10.5. The molecule has 3 N–H and O–H groups in total. The van der Waals surface area contributed by atoms with Gasteiger partial charge in [-0.15, -0.1) is 0 Å². The molecule has 7 heteroatoms. The van der Waals surface area contributed by atoms with Crippen LogP contribution in [-0.4, -0.2) is 13.0 Å². The fourth-order valence-corrected chi connectivity index (χ4v) is 2.44. The number of hydrogen-bond acceptors (Lipinski definition) is 4. The zero-order chi connectivity index (χ0) is 14.5. The number of thiazole rings is 1. The molecule has 1 aromatic carbocycles. The lowest BCUT2D eigenvalue weighted by atomic mass is 10.2. The second kappa shape index (κ2) is 6.65. The summed E-state index contributed by atoms with van der Waals surface area (Å²) in [6.45, 7) is 4.88. The second-order valence-electron chi connectivity index (χ2n) is 3.82. The van der Waals surface area contributed by atoms with Crippen LogP contribution in [0.25, 0.3) is 0 Å². The van der Waals surface area contributed by atoms with Gasteiger partial charge in [0, 0.05) is 5.38 Å². The molecule has 19 heavy (non-hydrogen) atoms. The zero-order valence-corrected chi connectivity index (χ0v) is 12.4. The van der Waals surface area contributed by atoms with Crippen molar-refractivity contribution in [3.8, 4) is 0 Å². The third-order valence-electron chi connectivity index (χ3n) is 2.37. The SMILES string of the molecule is CC[n+]1ccsc1N.Cc1ccc(S(=O)(=O)O)cc1. The van der Waals surface area contributed by atoms with Crippen LogP contribution < -0.4 is 10.3 Å². The van der Waals surface area contributed by atoms with Gasteiger partial charge < -0.3 is 0 Å². The third-order valence-corrected chi connectivity index (χ3v) is 3.97. The highest BCUT2D eigenvalue weighted by Gasteiger charge is 2.06. The second-order valence-corrected chi connectivity index (χ2v) is 6.16. The number of benzene rings is 1. The van der Waals surface area contributed by atoms with E-state index in [9.17, 15) is 8.42 Å². The van der Waals surface area contributed by atoms with Gasteiger partial charge >= 0.3 is 5.13 Å². The molecule has 2 rings (SSSR count). The monoisotopic (exact) mass is 301 g/mol. The van der Waals surface area contributed by atoms with E-state index in [0.717, 1.165) is 17.2 Å².